The molecule has 0 aliphatic carbocycles. The summed E-state index contributed by atoms with van der Waals surface area (Å²) >= 11 is 5.69. The topological polar surface area (TPSA) is 22.1 Å². The molecule has 1 aromatic carbocycles. The highest BCUT2D eigenvalue weighted by atomic mass is 35.5. The third-order valence-electron chi connectivity index (χ3n) is 2.11. The Morgan fingerprint density at radius 1 is 1.00 bits per heavy atom. The molecule has 94 valence electrons. The second-order valence-electron chi connectivity index (χ2n) is 3.43. The van der Waals surface area contributed by atoms with Crippen LogP contribution >= 0.6 is 11.6 Å². The van der Waals surface area contributed by atoms with Crippen molar-refractivity contribution in [2.45, 2.75) is 6.36 Å². The summed E-state index contributed by atoms with van der Waals surface area (Å²) in [4.78, 5) is 4.06. The molecule has 0 fully saturated rings. The van der Waals surface area contributed by atoms with Crippen molar-refractivity contribution in [3.8, 4) is 17.0 Å². The number of alkyl halides is 3. The molecular weight excluding hydrogens is 267 g/mol. The van der Waals surface area contributed by atoms with E-state index in [0.717, 1.165) is 0 Å². The van der Waals surface area contributed by atoms with Gasteiger partial charge in [-0.3, -0.25) is 4.98 Å². The fraction of sp³-hybridized carbons (Fsp3) is 0.0833. The lowest BCUT2D eigenvalue weighted by Crippen LogP contribution is -2.16. The summed E-state index contributed by atoms with van der Waals surface area (Å²) in [5, 5.41) is 0.496. The Hall–Kier alpha value is -1.75. The molecule has 1 aromatic heterocycles. The third-order valence-corrected chi connectivity index (χ3v) is 2.33. The van der Waals surface area contributed by atoms with Gasteiger partial charge in [0, 0.05) is 11.8 Å². The van der Waals surface area contributed by atoms with Crippen LogP contribution in [-0.2, 0) is 0 Å². The van der Waals surface area contributed by atoms with E-state index in [-0.39, 0.29) is 5.75 Å². The van der Waals surface area contributed by atoms with Crippen LogP contribution in [0.25, 0.3) is 11.3 Å². The molecule has 0 saturated carbocycles. The molecule has 0 spiro atoms. The first-order valence-electron chi connectivity index (χ1n) is 4.92. The molecular formula is C12H7ClF3NO. The lowest BCUT2D eigenvalue weighted by atomic mass is 10.1. The molecule has 2 aromatic rings. The highest BCUT2D eigenvalue weighted by Crippen LogP contribution is 2.25. The highest BCUT2D eigenvalue weighted by Gasteiger charge is 2.30. The standard InChI is InChI=1S/C12H7ClF3NO/c13-9-3-6-11(17-7-9)8-1-4-10(5-2-8)18-12(14,15)16/h1-7H. The van der Waals surface area contributed by atoms with Crippen LogP contribution in [0.5, 0.6) is 5.75 Å². The molecule has 0 atom stereocenters. The van der Waals surface area contributed by atoms with Crippen LogP contribution < -0.4 is 4.74 Å². The average Bonchev–Trinajstić information content (AvgIpc) is 2.29. The molecule has 0 bridgehead atoms. The Labute approximate surface area is 106 Å². The minimum absolute atomic E-state index is 0.264. The van der Waals surface area contributed by atoms with Crippen molar-refractivity contribution in [3.05, 3.63) is 47.6 Å². The lowest BCUT2D eigenvalue weighted by molar-refractivity contribution is -0.274. The quantitative estimate of drug-likeness (QED) is 0.814. The molecule has 2 nitrogen and oxygen atoms in total. The predicted molar refractivity (Wildman–Crippen MR) is 61.4 cm³/mol. The molecule has 0 aliphatic rings. The van der Waals surface area contributed by atoms with Gasteiger partial charge < -0.3 is 4.74 Å². The van der Waals surface area contributed by atoms with Crippen molar-refractivity contribution < 1.29 is 17.9 Å². The van der Waals surface area contributed by atoms with Gasteiger partial charge in [-0.05, 0) is 36.4 Å². The zero-order chi connectivity index (χ0) is 13.2. The van der Waals surface area contributed by atoms with Crippen LogP contribution in [0.3, 0.4) is 0 Å². The van der Waals surface area contributed by atoms with Gasteiger partial charge in [-0.1, -0.05) is 11.6 Å². The van der Waals surface area contributed by atoms with Crippen molar-refractivity contribution in [2.75, 3.05) is 0 Å². The van der Waals surface area contributed by atoms with E-state index in [0.29, 0.717) is 16.3 Å². The Morgan fingerprint density at radius 2 is 1.67 bits per heavy atom. The summed E-state index contributed by atoms with van der Waals surface area (Å²) in [6.45, 7) is 0. The van der Waals surface area contributed by atoms with Gasteiger partial charge in [0.2, 0.25) is 0 Å². The van der Waals surface area contributed by atoms with E-state index in [1.165, 1.54) is 30.5 Å². The van der Waals surface area contributed by atoms with Crippen LogP contribution in [0.2, 0.25) is 5.02 Å². The zero-order valence-corrected chi connectivity index (χ0v) is 9.66. The number of halogens is 4. The Bertz CT molecular complexity index is 523. The van der Waals surface area contributed by atoms with Crippen LogP contribution in [0.4, 0.5) is 13.2 Å². The maximum Gasteiger partial charge on any atom is 0.573 e. The number of nitrogens with zero attached hydrogens (tertiary/aromatic N) is 1. The monoisotopic (exact) mass is 273 g/mol. The molecule has 0 radical (unpaired) electrons. The first kappa shape index (κ1) is 12.7. The number of hydrogen-bond donors (Lipinski definition) is 0. The van der Waals surface area contributed by atoms with Gasteiger partial charge in [0.25, 0.3) is 0 Å². The van der Waals surface area contributed by atoms with Crippen molar-refractivity contribution in [2.24, 2.45) is 0 Å². The first-order valence-corrected chi connectivity index (χ1v) is 5.29. The van der Waals surface area contributed by atoms with Crippen molar-refractivity contribution in [1.29, 1.82) is 0 Å². The Morgan fingerprint density at radius 3 is 2.17 bits per heavy atom. The van der Waals surface area contributed by atoms with Crippen molar-refractivity contribution in [1.82, 2.24) is 4.98 Å². The average molecular weight is 274 g/mol. The van der Waals surface area contributed by atoms with Gasteiger partial charge in [-0.15, -0.1) is 13.2 Å². The summed E-state index contributed by atoms with van der Waals surface area (Å²) in [6.07, 6.45) is -3.21. The van der Waals surface area contributed by atoms with Crippen LogP contribution in [0, 0.1) is 0 Å². The number of ether oxygens (including phenoxy) is 1. The van der Waals surface area contributed by atoms with E-state index in [1.54, 1.807) is 12.1 Å². The first-order chi connectivity index (χ1) is 8.44. The van der Waals surface area contributed by atoms with E-state index in [4.69, 9.17) is 11.6 Å². The summed E-state index contributed by atoms with van der Waals surface area (Å²) in [5.74, 6) is -0.264. The Balaban J connectivity index is 2.20. The van der Waals surface area contributed by atoms with Crippen LogP contribution in [0.15, 0.2) is 42.6 Å². The number of pyridine rings is 1. The van der Waals surface area contributed by atoms with Gasteiger partial charge in [0.15, 0.2) is 0 Å². The van der Waals surface area contributed by atoms with Gasteiger partial charge >= 0.3 is 6.36 Å². The molecule has 0 aliphatic heterocycles. The molecule has 6 heteroatoms. The second-order valence-corrected chi connectivity index (χ2v) is 3.87. The van der Waals surface area contributed by atoms with Crippen LogP contribution in [-0.4, -0.2) is 11.3 Å². The van der Waals surface area contributed by atoms with Crippen molar-refractivity contribution in [3.63, 3.8) is 0 Å². The normalized spacial score (nSPS) is 11.3. The summed E-state index contributed by atoms with van der Waals surface area (Å²) in [5.41, 5.74) is 1.30. The van der Waals surface area contributed by atoms with Gasteiger partial charge in [0.05, 0.1) is 10.7 Å². The molecule has 0 N–H and O–H groups in total. The largest absolute Gasteiger partial charge is 0.573 e. The molecule has 1 heterocycles. The summed E-state index contributed by atoms with van der Waals surface area (Å²) < 4.78 is 39.7. The minimum atomic E-state index is -4.68. The summed E-state index contributed by atoms with van der Waals surface area (Å²) in [6, 6.07) is 8.80. The lowest BCUT2D eigenvalue weighted by Gasteiger charge is -2.09. The SMILES string of the molecule is FC(F)(F)Oc1ccc(-c2ccc(Cl)cn2)cc1. The number of hydrogen-bond acceptors (Lipinski definition) is 2. The molecule has 0 saturated heterocycles. The maximum absolute atomic E-state index is 12.0. The number of benzene rings is 1. The highest BCUT2D eigenvalue weighted by molar-refractivity contribution is 6.30. The van der Waals surface area contributed by atoms with E-state index in [9.17, 15) is 13.2 Å². The molecule has 0 unspecified atom stereocenters. The Kier molecular flexibility index (Phi) is 3.43. The summed E-state index contributed by atoms with van der Waals surface area (Å²) in [7, 11) is 0. The van der Waals surface area contributed by atoms with Gasteiger partial charge in [0.1, 0.15) is 5.75 Å². The molecule has 0 amide bonds. The van der Waals surface area contributed by atoms with E-state index in [2.05, 4.69) is 9.72 Å². The fourth-order valence-electron chi connectivity index (χ4n) is 1.37. The maximum atomic E-state index is 12.0. The molecule has 18 heavy (non-hydrogen) atoms. The number of rotatable bonds is 2. The van der Waals surface area contributed by atoms with E-state index < -0.39 is 6.36 Å². The van der Waals surface area contributed by atoms with Gasteiger partial charge in [-0.2, -0.15) is 0 Å². The van der Waals surface area contributed by atoms with Crippen LogP contribution in [0.1, 0.15) is 0 Å². The molecule has 2 rings (SSSR count). The second kappa shape index (κ2) is 4.86. The van der Waals surface area contributed by atoms with Crippen molar-refractivity contribution >= 4 is 11.6 Å². The van der Waals surface area contributed by atoms with Gasteiger partial charge in [-0.25, -0.2) is 0 Å². The fourth-order valence-corrected chi connectivity index (χ4v) is 1.49. The predicted octanol–water partition coefficient (Wildman–Crippen LogP) is 4.30. The minimum Gasteiger partial charge on any atom is -0.406 e. The third kappa shape index (κ3) is 3.37. The van der Waals surface area contributed by atoms with E-state index >= 15 is 0 Å². The smallest absolute Gasteiger partial charge is 0.406 e. The van der Waals surface area contributed by atoms with E-state index in [1.807, 2.05) is 0 Å². The zero-order valence-electron chi connectivity index (χ0n) is 8.91. The number of aromatic nitrogens is 1.